The van der Waals surface area contributed by atoms with E-state index in [0.29, 0.717) is 29.4 Å². The van der Waals surface area contributed by atoms with E-state index in [0.717, 1.165) is 31.4 Å². The molecule has 8 heteroatoms. The van der Waals surface area contributed by atoms with E-state index in [2.05, 4.69) is 10.6 Å². The van der Waals surface area contributed by atoms with Gasteiger partial charge in [-0.3, -0.25) is 9.59 Å². The van der Waals surface area contributed by atoms with Crippen molar-refractivity contribution in [2.24, 2.45) is 0 Å². The second-order valence-electron chi connectivity index (χ2n) is 8.33. The Bertz CT molecular complexity index is 963. The zero-order valence-electron chi connectivity index (χ0n) is 18.8. The predicted molar refractivity (Wildman–Crippen MR) is 129 cm³/mol. The Kier molecular flexibility index (Phi) is 7.65. The van der Waals surface area contributed by atoms with E-state index in [9.17, 15) is 9.59 Å². The maximum atomic E-state index is 13.0. The van der Waals surface area contributed by atoms with Crippen LogP contribution in [0.2, 0.25) is 0 Å². The van der Waals surface area contributed by atoms with Gasteiger partial charge in [0.05, 0.1) is 0 Å². The molecular weight excluding hydrogens is 440 g/mol. The number of thioether (sulfide) groups is 1. The van der Waals surface area contributed by atoms with Gasteiger partial charge in [0.25, 0.3) is 11.7 Å². The number of para-hydroxylation sites is 1. The first kappa shape index (κ1) is 23.3. The standard InChI is InChI=1S/C25H30N2O5S/c1-33-15-12-20(27-23(28)17-30-19-8-4-2-5-9-19)24(29)26-18-10-11-21-22(16-18)32-25(31-21)13-6-3-7-14-25/h2,4-5,8-11,16,20H,3,6-7,12-15,17H2,1H3,(H,26,29)(H,27,28). The molecule has 2 N–H and O–H groups in total. The third-order valence-electron chi connectivity index (χ3n) is 5.79. The predicted octanol–water partition coefficient (Wildman–Crippen LogP) is 4.37. The van der Waals surface area contributed by atoms with Gasteiger partial charge in [0.1, 0.15) is 11.8 Å². The van der Waals surface area contributed by atoms with Crippen LogP contribution in [0.5, 0.6) is 17.2 Å². The number of ether oxygens (including phenoxy) is 3. The summed E-state index contributed by atoms with van der Waals surface area (Å²) in [5.41, 5.74) is 0.610. The van der Waals surface area contributed by atoms with E-state index >= 15 is 0 Å². The Morgan fingerprint density at radius 2 is 1.82 bits per heavy atom. The molecule has 33 heavy (non-hydrogen) atoms. The second kappa shape index (κ2) is 10.8. The van der Waals surface area contributed by atoms with E-state index in [4.69, 9.17) is 14.2 Å². The van der Waals surface area contributed by atoms with Crippen LogP contribution in [0.25, 0.3) is 0 Å². The molecule has 1 unspecified atom stereocenters. The summed E-state index contributed by atoms with van der Waals surface area (Å²) < 4.78 is 17.8. The van der Waals surface area contributed by atoms with E-state index in [1.165, 1.54) is 6.42 Å². The number of carbonyl (C=O) groups is 2. The number of rotatable bonds is 9. The first-order valence-corrected chi connectivity index (χ1v) is 12.8. The molecule has 176 valence electrons. The van der Waals surface area contributed by atoms with Gasteiger partial charge >= 0.3 is 0 Å². The third kappa shape index (κ3) is 6.13. The lowest BCUT2D eigenvalue weighted by Gasteiger charge is -2.31. The van der Waals surface area contributed by atoms with Crippen LogP contribution in [0.4, 0.5) is 5.69 Å². The van der Waals surface area contributed by atoms with Crippen molar-refractivity contribution < 1.29 is 23.8 Å². The highest BCUT2D eigenvalue weighted by molar-refractivity contribution is 7.98. The molecule has 2 aromatic carbocycles. The molecule has 4 rings (SSSR count). The number of hydrogen-bond acceptors (Lipinski definition) is 6. The molecule has 1 saturated carbocycles. The Hall–Kier alpha value is -2.87. The SMILES string of the molecule is CSCCC(NC(=O)COc1ccccc1)C(=O)Nc1ccc2c(c1)OC1(CCCCC1)O2. The molecule has 2 aliphatic rings. The molecule has 1 fully saturated rings. The lowest BCUT2D eigenvalue weighted by atomic mass is 9.94. The number of hydrogen-bond donors (Lipinski definition) is 2. The Balaban J connectivity index is 1.35. The van der Waals surface area contributed by atoms with Crippen LogP contribution in [0.15, 0.2) is 48.5 Å². The van der Waals surface area contributed by atoms with Crippen LogP contribution in [-0.2, 0) is 9.59 Å². The summed E-state index contributed by atoms with van der Waals surface area (Å²) in [4.78, 5) is 25.4. The summed E-state index contributed by atoms with van der Waals surface area (Å²) in [6.07, 6.45) is 7.59. The van der Waals surface area contributed by atoms with Crippen molar-refractivity contribution in [2.45, 2.75) is 50.4 Å². The van der Waals surface area contributed by atoms with E-state index in [-0.39, 0.29) is 18.4 Å². The molecule has 0 bridgehead atoms. The lowest BCUT2D eigenvalue weighted by Crippen LogP contribution is -2.45. The molecule has 1 aliphatic heterocycles. The number of fused-ring (bicyclic) bond motifs is 1. The quantitative estimate of drug-likeness (QED) is 0.566. The van der Waals surface area contributed by atoms with Gasteiger partial charge in [-0.25, -0.2) is 0 Å². The van der Waals surface area contributed by atoms with Gasteiger partial charge in [-0.15, -0.1) is 0 Å². The molecule has 0 saturated heterocycles. The van der Waals surface area contributed by atoms with Crippen LogP contribution in [-0.4, -0.2) is 42.3 Å². The average molecular weight is 471 g/mol. The van der Waals surface area contributed by atoms with Crippen molar-refractivity contribution >= 4 is 29.3 Å². The van der Waals surface area contributed by atoms with Crippen LogP contribution < -0.4 is 24.8 Å². The van der Waals surface area contributed by atoms with Gasteiger partial charge in [-0.2, -0.15) is 11.8 Å². The highest BCUT2D eigenvalue weighted by Crippen LogP contribution is 2.46. The van der Waals surface area contributed by atoms with Crippen molar-refractivity contribution in [3.05, 3.63) is 48.5 Å². The van der Waals surface area contributed by atoms with Crippen molar-refractivity contribution in [2.75, 3.05) is 23.9 Å². The molecule has 7 nitrogen and oxygen atoms in total. The fourth-order valence-electron chi connectivity index (χ4n) is 4.10. The first-order valence-electron chi connectivity index (χ1n) is 11.4. The molecule has 1 heterocycles. The highest BCUT2D eigenvalue weighted by atomic mass is 32.2. The van der Waals surface area contributed by atoms with Crippen LogP contribution in [0.3, 0.4) is 0 Å². The second-order valence-corrected chi connectivity index (χ2v) is 9.32. The molecule has 2 aromatic rings. The zero-order chi connectivity index (χ0) is 23.1. The molecule has 1 spiro atoms. The normalized spacial score (nSPS) is 16.8. The average Bonchev–Trinajstić information content (AvgIpc) is 3.17. The number of nitrogens with one attached hydrogen (secondary N) is 2. The maximum Gasteiger partial charge on any atom is 0.258 e. The summed E-state index contributed by atoms with van der Waals surface area (Å²) in [6.45, 7) is -0.154. The van der Waals surface area contributed by atoms with Crippen LogP contribution >= 0.6 is 11.8 Å². The van der Waals surface area contributed by atoms with Crippen molar-refractivity contribution in [1.29, 1.82) is 0 Å². The third-order valence-corrected chi connectivity index (χ3v) is 6.44. The number of carbonyl (C=O) groups excluding carboxylic acids is 2. The molecule has 2 amide bonds. The zero-order valence-corrected chi connectivity index (χ0v) is 19.6. The van der Waals surface area contributed by atoms with Crippen molar-refractivity contribution in [3.8, 4) is 17.2 Å². The highest BCUT2D eigenvalue weighted by Gasteiger charge is 2.42. The number of anilines is 1. The minimum Gasteiger partial charge on any atom is -0.484 e. The van der Waals surface area contributed by atoms with Gasteiger partial charge in [0, 0.05) is 24.6 Å². The number of benzene rings is 2. The molecular formula is C25H30N2O5S. The lowest BCUT2D eigenvalue weighted by molar-refractivity contribution is -0.127. The minimum absolute atomic E-state index is 0.154. The molecule has 0 radical (unpaired) electrons. The van der Waals surface area contributed by atoms with Crippen molar-refractivity contribution in [1.82, 2.24) is 5.32 Å². The largest absolute Gasteiger partial charge is 0.484 e. The molecule has 1 aliphatic carbocycles. The summed E-state index contributed by atoms with van der Waals surface area (Å²) >= 11 is 1.62. The maximum absolute atomic E-state index is 13.0. The molecule has 1 atom stereocenters. The van der Waals surface area contributed by atoms with Gasteiger partial charge < -0.3 is 24.8 Å². The summed E-state index contributed by atoms with van der Waals surface area (Å²) in [5.74, 6) is 1.52. The van der Waals surface area contributed by atoms with E-state index in [1.807, 2.05) is 30.5 Å². The monoisotopic (exact) mass is 470 g/mol. The smallest absolute Gasteiger partial charge is 0.258 e. The van der Waals surface area contributed by atoms with Crippen LogP contribution in [0.1, 0.15) is 38.5 Å². The summed E-state index contributed by atoms with van der Waals surface area (Å²) in [7, 11) is 0. The minimum atomic E-state index is -0.667. The van der Waals surface area contributed by atoms with Gasteiger partial charge in [-0.1, -0.05) is 24.6 Å². The van der Waals surface area contributed by atoms with Crippen LogP contribution in [0, 0.1) is 0 Å². The Labute approximate surface area is 198 Å². The van der Waals surface area contributed by atoms with Crippen molar-refractivity contribution in [3.63, 3.8) is 0 Å². The fraction of sp³-hybridized carbons (Fsp3) is 0.440. The Morgan fingerprint density at radius 1 is 1.06 bits per heavy atom. The molecule has 0 aromatic heterocycles. The fourth-order valence-corrected chi connectivity index (χ4v) is 4.57. The number of amides is 2. The Morgan fingerprint density at radius 3 is 2.58 bits per heavy atom. The summed E-state index contributed by atoms with van der Waals surface area (Å²) in [6, 6.07) is 13.9. The van der Waals surface area contributed by atoms with E-state index in [1.54, 1.807) is 36.0 Å². The first-order chi connectivity index (χ1) is 16.1. The van der Waals surface area contributed by atoms with Gasteiger partial charge in [0.2, 0.25) is 5.91 Å². The van der Waals surface area contributed by atoms with E-state index < -0.39 is 11.8 Å². The summed E-state index contributed by atoms with van der Waals surface area (Å²) in [5, 5.41) is 5.71. The topological polar surface area (TPSA) is 85.9 Å². The van der Waals surface area contributed by atoms with Gasteiger partial charge in [-0.05, 0) is 55.5 Å². The van der Waals surface area contributed by atoms with Gasteiger partial charge in [0.15, 0.2) is 18.1 Å².